The normalized spacial score (nSPS) is 11.8. The Hall–Kier alpha value is -5.82. The van der Waals surface area contributed by atoms with E-state index in [4.69, 9.17) is 20.3 Å². The van der Waals surface area contributed by atoms with Crippen molar-refractivity contribution in [2.45, 2.75) is 25.2 Å². The van der Waals surface area contributed by atoms with E-state index in [1.165, 1.54) is 24.4 Å². The lowest BCUT2D eigenvalue weighted by Crippen LogP contribution is -2.30. The summed E-state index contributed by atoms with van der Waals surface area (Å²) in [4.78, 5) is 17.2. The van der Waals surface area contributed by atoms with Crippen LogP contribution in [0.2, 0.25) is 0 Å². The zero-order valence-electron chi connectivity index (χ0n) is 29.8. The minimum absolute atomic E-state index is 0.00717. The SMILES string of the molecule is OB(O)c1ccn[nH]1.OCCCNc1nc2cc(C(F)(F)F)ccc2n2c(-c3ccn[nH]3)cnc12.OCCCNc1nc2cc(C(F)(F)F)ccc2n2c(Br)cnc12. The highest BCUT2D eigenvalue weighted by atomic mass is 79.9. The van der Waals surface area contributed by atoms with Crippen LogP contribution in [0.4, 0.5) is 38.0 Å². The molecule has 24 heteroatoms. The van der Waals surface area contributed by atoms with Gasteiger partial charge in [0.1, 0.15) is 4.60 Å². The Morgan fingerprint density at radius 3 is 1.67 bits per heavy atom. The fourth-order valence-electron chi connectivity index (χ4n) is 5.60. The maximum Gasteiger partial charge on any atom is 0.507 e. The zero-order valence-corrected chi connectivity index (χ0v) is 31.3. The topological polar surface area (TPSA) is 223 Å². The molecule has 6 aromatic heterocycles. The minimum Gasteiger partial charge on any atom is -0.422 e. The largest absolute Gasteiger partial charge is 0.507 e. The highest BCUT2D eigenvalue weighted by molar-refractivity contribution is 9.10. The fraction of sp³-hybridized carbons (Fsp3) is 0.235. The molecule has 0 radical (unpaired) electrons. The number of hydrogen-bond acceptors (Lipinski definition) is 12. The smallest absolute Gasteiger partial charge is 0.422 e. The van der Waals surface area contributed by atoms with Gasteiger partial charge in [-0.25, -0.2) is 19.9 Å². The lowest BCUT2D eigenvalue weighted by atomic mass is 9.87. The van der Waals surface area contributed by atoms with Crippen LogP contribution in [0.1, 0.15) is 24.0 Å². The standard InChI is InChI=1S/C17H15F3N6O.C14H12BrF3N4O.C3H5BN2O2/c18-17(19,20)10-2-3-13-12(8-10)24-15(21-5-1-7-27)16-22-9-14(26(13)16)11-4-6-23-25-11;15-11-7-20-13-12(19-4-1-5-23)21-9-6-8(14(16,17)18)2-3-10(9)22(11)13;7-4(8)3-1-2-5-6-3/h2-4,6,8-9,27H,1,5,7H2,(H,21,24)(H,23,25);2-3,6-7,23H,1,4-5H2,(H,19,21);1-2,7-8H,(H,5,6). The van der Waals surface area contributed by atoms with E-state index in [2.05, 4.69) is 66.9 Å². The van der Waals surface area contributed by atoms with E-state index in [1.807, 2.05) is 0 Å². The quantitative estimate of drug-likeness (QED) is 0.0535. The van der Waals surface area contributed by atoms with Crippen LogP contribution in [0.5, 0.6) is 0 Å². The first kappa shape index (κ1) is 41.8. The highest BCUT2D eigenvalue weighted by Crippen LogP contribution is 2.35. The number of anilines is 2. The van der Waals surface area contributed by atoms with Crippen molar-refractivity contribution in [2.75, 3.05) is 36.9 Å². The van der Waals surface area contributed by atoms with Crippen LogP contribution in [-0.2, 0) is 12.4 Å². The van der Waals surface area contributed by atoms with Gasteiger partial charge in [-0.1, -0.05) is 0 Å². The molecule has 0 aliphatic carbocycles. The number of fused-ring (bicyclic) bond motifs is 6. The Morgan fingerprint density at radius 1 is 0.690 bits per heavy atom. The first-order chi connectivity index (χ1) is 27.7. The van der Waals surface area contributed by atoms with Crippen molar-refractivity contribution in [1.29, 1.82) is 0 Å². The number of aromatic nitrogens is 10. The predicted octanol–water partition coefficient (Wildman–Crippen LogP) is 4.63. The zero-order chi connectivity index (χ0) is 41.6. The number of H-pyrrole nitrogens is 2. The Balaban J connectivity index is 0.000000166. The number of aromatic amines is 2. The number of aliphatic hydroxyl groups excluding tert-OH is 2. The number of benzene rings is 2. The van der Waals surface area contributed by atoms with Crippen molar-refractivity contribution in [3.8, 4) is 11.4 Å². The monoisotopic (exact) mass is 876 g/mol. The number of halogens is 7. The molecule has 0 amide bonds. The van der Waals surface area contributed by atoms with Crippen LogP contribution in [-0.4, -0.2) is 103 Å². The predicted molar refractivity (Wildman–Crippen MR) is 205 cm³/mol. The van der Waals surface area contributed by atoms with Crippen molar-refractivity contribution < 1.29 is 46.6 Å². The Morgan fingerprint density at radius 2 is 1.21 bits per heavy atom. The van der Waals surface area contributed by atoms with Gasteiger partial charge in [0.05, 0.1) is 62.6 Å². The van der Waals surface area contributed by atoms with Gasteiger partial charge in [-0.3, -0.25) is 19.0 Å². The third-order valence-electron chi connectivity index (χ3n) is 8.29. The van der Waals surface area contributed by atoms with Gasteiger partial charge in [0.25, 0.3) is 0 Å². The van der Waals surface area contributed by atoms with E-state index in [9.17, 15) is 26.3 Å². The molecule has 0 aliphatic heterocycles. The van der Waals surface area contributed by atoms with Crippen molar-refractivity contribution in [2.24, 2.45) is 0 Å². The first-order valence-electron chi connectivity index (χ1n) is 17.2. The lowest BCUT2D eigenvalue weighted by molar-refractivity contribution is -0.138. The summed E-state index contributed by atoms with van der Waals surface area (Å²) in [5.41, 5.74) is 2.49. The lowest BCUT2D eigenvalue weighted by Gasteiger charge is -2.13. The molecule has 0 fully saturated rings. The fourth-order valence-corrected chi connectivity index (χ4v) is 6.06. The average molecular weight is 877 g/mol. The molecule has 0 unspecified atom stereocenters. The molecule has 0 bridgehead atoms. The van der Waals surface area contributed by atoms with Crippen molar-refractivity contribution in [3.05, 3.63) is 89.0 Å². The molecule has 16 nitrogen and oxygen atoms in total. The third-order valence-corrected chi connectivity index (χ3v) is 8.85. The molecule has 0 atom stereocenters. The van der Waals surface area contributed by atoms with Crippen LogP contribution in [0.25, 0.3) is 44.7 Å². The van der Waals surface area contributed by atoms with Crippen LogP contribution in [0, 0.1) is 0 Å². The number of hydrogen-bond donors (Lipinski definition) is 8. The van der Waals surface area contributed by atoms with Gasteiger partial charge in [0.15, 0.2) is 22.9 Å². The summed E-state index contributed by atoms with van der Waals surface area (Å²) in [6, 6.07) is 10.1. The third kappa shape index (κ3) is 9.31. The Kier molecular flexibility index (Phi) is 12.8. The molecule has 8 N–H and O–H groups in total. The van der Waals surface area contributed by atoms with Gasteiger partial charge in [-0.05, 0) is 77.3 Å². The Labute approximate surface area is 331 Å². The van der Waals surface area contributed by atoms with E-state index in [-0.39, 0.29) is 24.2 Å². The molecule has 0 spiro atoms. The highest BCUT2D eigenvalue weighted by Gasteiger charge is 2.32. The van der Waals surface area contributed by atoms with E-state index < -0.39 is 30.6 Å². The summed E-state index contributed by atoms with van der Waals surface area (Å²) in [5.74, 6) is 0.719. The second kappa shape index (κ2) is 17.8. The molecule has 8 aromatic rings. The number of nitrogens with one attached hydrogen (secondary N) is 4. The number of alkyl halides is 6. The molecule has 0 aliphatic rings. The van der Waals surface area contributed by atoms with E-state index in [0.29, 0.717) is 81.5 Å². The molecule has 0 saturated heterocycles. The number of imidazole rings is 2. The Bertz CT molecular complexity index is 2600. The molecule has 8 rings (SSSR count). The van der Waals surface area contributed by atoms with Gasteiger partial charge in [-0.2, -0.15) is 36.5 Å². The van der Waals surface area contributed by atoms with Gasteiger partial charge in [0.2, 0.25) is 0 Å². The van der Waals surface area contributed by atoms with E-state index in [1.54, 1.807) is 33.5 Å². The summed E-state index contributed by atoms with van der Waals surface area (Å²) in [6.07, 6.45) is -1.71. The van der Waals surface area contributed by atoms with Gasteiger partial charge in [-0.15, -0.1) is 0 Å². The summed E-state index contributed by atoms with van der Waals surface area (Å²) >= 11 is 3.34. The van der Waals surface area contributed by atoms with Crippen molar-refractivity contribution >= 4 is 73.6 Å². The van der Waals surface area contributed by atoms with Crippen LogP contribution in [0.15, 0.2) is 77.9 Å². The van der Waals surface area contributed by atoms with Crippen molar-refractivity contribution in [1.82, 2.24) is 49.1 Å². The summed E-state index contributed by atoms with van der Waals surface area (Å²) in [6.45, 7) is 0.847. The summed E-state index contributed by atoms with van der Waals surface area (Å²) < 4.78 is 82.1. The second-order valence-electron chi connectivity index (χ2n) is 12.2. The van der Waals surface area contributed by atoms with E-state index >= 15 is 0 Å². The summed E-state index contributed by atoms with van der Waals surface area (Å²) in [5, 5.41) is 53.3. The maximum atomic E-state index is 13.1. The van der Waals surface area contributed by atoms with Gasteiger partial charge >= 0.3 is 19.5 Å². The average Bonchev–Trinajstić information content (AvgIpc) is 4.02. The molecule has 304 valence electrons. The number of nitrogens with zero attached hydrogens (tertiary/aromatic N) is 8. The molecule has 58 heavy (non-hydrogen) atoms. The molecular formula is C34H32BBrF6N12O4. The van der Waals surface area contributed by atoms with Crippen molar-refractivity contribution in [3.63, 3.8) is 0 Å². The number of aliphatic hydroxyl groups is 2. The molecule has 0 saturated carbocycles. The van der Waals surface area contributed by atoms with Crippen LogP contribution >= 0.6 is 15.9 Å². The molecular weight excluding hydrogens is 845 g/mol. The van der Waals surface area contributed by atoms with Gasteiger partial charge < -0.3 is 30.9 Å². The maximum absolute atomic E-state index is 13.1. The minimum atomic E-state index is -4.46. The van der Waals surface area contributed by atoms with E-state index in [0.717, 1.165) is 24.3 Å². The van der Waals surface area contributed by atoms with Crippen LogP contribution < -0.4 is 16.2 Å². The summed E-state index contributed by atoms with van der Waals surface area (Å²) in [7, 11) is -1.43. The second-order valence-corrected chi connectivity index (χ2v) is 13.0. The first-order valence-corrected chi connectivity index (χ1v) is 18.0. The molecule has 2 aromatic carbocycles. The number of rotatable bonds is 10. The van der Waals surface area contributed by atoms with Gasteiger partial charge in [0, 0.05) is 38.7 Å². The molecule has 6 heterocycles. The van der Waals surface area contributed by atoms with Crippen LogP contribution in [0.3, 0.4) is 0 Å².